The van der Waals surface area contributed by atoms with Gasteiger partial charge in [0.2, 0.25) is 0 Å². The molecule has 1 aliphatic carbocycles. The quantitative estimate of drug-likeness (QED) is 0.702. The van der Waals surface area contributed by atoms with Gasteiger partial charge in [-0.1, -0.05) is 20.8 Å². The van der Waals surface area contributed by atoms with Crippen LogP contribution in [0.1, 0.15) is 61.1 Å². The van der Waals surface area contributed by atoms with Gasteiger partial charge in [0.05, 0.1) is 4.88 Å². The third-order valence-corrected chi connectivity index (χ3v) is 5.37. The highest BCUT2D eigenvalue weighted by atomic mass is 32.1. The van der Waals surface area contributed by atoms with E-state index in [4.69, 9.17) is 0 Å². The van der Waals surface area contributed by atoms with Crippen LogP contribution in [0.25, 0.3) is 0 Å². The smallest absolute Gasteiger partial charge is 0.293 e. The summed E-state index contributed by atoms with van der Waals surface area (Å²) in [5, 5.41) is -0.936. The van der Waals surface area contributed by atoms with Crippen LogP contribution in [0.5, 0.6) is 0 Å². The fraction of sp³-hybridized carbons (Fsp3) is 0.733. The summed E-state index contributed by atoms with van der Waals surface area (Å²) in [7, 11) is 0. The van der Waals surface area contributed by atoms with E-state index < -0.39 is 11.2 Å². The molecule has 1 saturated carbocycles. The van der Waals surface area contributed by atoms with E-state index >= 15 is 0 Å². The van der Waals surface area contributed by atoms with Crippen LogP contribution in [0.3, 0.4) is 0 Å². The Morgan fingerprint density at radius 1 is 1.19 bits per heavy atom. The lowest BCUT2D eigenvalue weighted by molar-refractivity contribution is -0.137. The Morgan fingerprint density at radius 3 is 2.19 bits per heavy atom. The molecule has 0 N–H and O–H groups in total. The van der Waals surface area contributed by atoms with Gasteiger partial charge in [-0.2, -0.15) is 13.2 Å². The summed E-state index contributed by atoms with van der Waals surface area (Å²) in [4.78, 5) is 15.8. The van der Waals surface area contributed by atoms with Crippen molar-refractivity contribution in [1.29, 1.82) is 0 Å². The highest BCUT2D eigenvalue weighted by molar-refractivity contribution is 7.13. The minimum Gasteiger partial charge on any atom is -0.293 e. The maximum atomic E-state index is 12.5. The van der Waals surface area contributed by atoms with Crippen molar-refractivity contribution >= 4 is 17.1 Å². The van der Waals surface area contributed by atoms with Gasteiger partial charge in [-0.3, -0.25) is 4.79 Å². The number of nitrogens with zero attached hydrogens (tertiary/aromatic N) is 1. The summed E-state index contributed by atoms with van der Waals surface area (Å²) >= 11 is 0.462. The molecule has 0 atom stereocenters. The van der Waals surface area contributed by atoms with Crippen LogP contribution in [0.15, 0.2) is 6.20 Å². The molecule has 0 radical (unpaired) electrons. The van der Waals surface area contributed by atoms with Crippen LogP contribution in [0.4, 0.5) is 13.2 Å². The first kappa shape index (κ1) is 16.5. The van der Waals surface area contributed by atoms with Crippen molar-refractivity contribution in [2.45, 2.75) is 52.6 Å². The minimum absolute atomic E-state index is 0.140. The van der Waals surface area contributed by atoms with Crippen molar-refractivity contribution in [3.05, 3.63) is 16.1 Å². The number of Topliss-reactive ketones (excluding diaryl/α,β-unsaturated/α-hetero) is 1. The number of hydrogen-bond acceptors (Lipinski definition) is 3. The summed E-state index contributed by atoms with van der Waals surface area (Å²) in [6.45, 7) is 6.58. The van der Waals surface area contributed by atoms with Crippen LogP contribution in [-0.4, -0.2) is 10.8 Å². The molecule has 2 nitrogen and oxygen atoms in total. The summed E-state index contributed by atoms with van der Waals surface area (Å²) in [5.74, 6) is 0.259. The van der Waals surface area contributed by atoms with E-state index in [1.807, 2.05) is 0 Å². The molecule has 0 saturated heterocycles. The van der Waals surface area contributed by atoms with Crippen LogP contribution >= 0.6 is 11.3 Å². The average Bonchev–Trinajstić information content (AvgIpc) is 2.86. The lowest BCUT2D eigenvalue weighted by Crippen LogP contribution is -2.28. The predicted octanol–water partition coefficient (Wildman–Crippen LogP) is 5.20. The molecule has 0 unspecified atom stereocenters. The molecule has 1 aromatic heterocycles. The maximum absolute atomic E-state index is 12.5. The first-order valence-electron chi connectivity index (χ1n) is 7.16. The third-order valence-electron chi connectivity index (χ3n) is 4.31. The van der Waals surface area contributed by atoms with Gasteiger partial charge in [-0.25, -0.2) is 4.98 Å². The Labute approximate surface area is 126 Å². The standard InChI is InChI=1S/C15H20F3NOS/c1-14(2,3)10-6-4-9(5-7-10)12(20)11-8-19-13(21-11)15(16,17)18/h8-10H,4-7H2,1-3H3. The van der Waals surface area contributed by atoms with E-state index in [1.165, 1.54) is 0 Å². The molecule has 118 valence electrons. The second kappa shape index (κ2) is 5.71. The van der Waals surface area contributed by atoms with Crippen molar-refractivity contribution in [3.8, 4) is 0 Å². The molecule has 1 heterocycles. The molecule has 0 aromatic carbocycles. The van der Waals surface area contributed by atoms with Crippen molar-refractivity contribution < 1.29 is 18.0 Å². The van der Waals surface area contributed by atoms with E-state index in [2.05, 4.69) is 25.8 Å². The Bertz CT molecular complexity index is 508. The molecule has 0 bridgehead atoms. The van der Waals surface area contributed by atoms with Crippen LogP contribution in [0, 0.1) is 17.3 Å². The van der Waals surface area contributed by atoms with Crippen molar-refractivity contribution in [2.75, 3.05) is 0 Å². The number of halogens is 3. The largest absolute Gasteiger partial charge is 0.443 e. The van der Waals surface area contributed by atoms with Crippen molar-refractivity contribution in [3.63, 3.8) is 0 Å². The fourth-order valence-corrected chi connectivity index (χ4v) is 3.74. The van der Waals surface area contributed by atoms with Crippen LogP contribution < -0.4 is 0 Å². The van der Waals surface area contributed by atoms with Gasteiger partial charge in [0, 0.05) is 12.1 Å². The van der Waals surface area contributed by atoms with E-state index in [0.29, 0.717) is 17.3 Å². The molecule has 0 spiro atoms. The predicted molar refractivity (Wildman–Crippen MR) is 76.3 cm³/mol. The summed E-state index contributed by atoms with van der Waals surface area (Å²) in [6.07, 6.45) is 0.0640. The Kier molecular flexibility index (Phi) is 4.47. The molecule has 1 aromatic rings. The van der Waals surface area contributed by atoms with Gasteiger partial charge in [-0.15, -0.1) is 11.3 Å². The minimum atomic E-state index is -4.47. The fourth-order valence-electron chi connectivity index (χ4n) is 2.94. The zero-order chi connectivity index (χ0) is 15.8. The molecule has 1 fully saturated rings. The van der Waals surface area contributed by atoms with E-state index in [-0.39, 0.29) is 22.0 Å². The lowest BCUT2D eigenvalue weighted by atomic mass is 9.69. The molecule has 1 aliphatic rings. The van der Waals surface area contributed by atoms with E-state index in [1.54, 1.807) is 0 Å². The van der Waals surface area contributed by atoms with Gasteiger partial charge in [0.1, 0.15) is 0 Å². The number of aromatic nitrogens is 1. The number of hydrogen-bond donors (Lipinski definition) is 0. The number of thiazole rings is 1. The first-order valence-corrected chi connectivity index (χ1v) is 7.98. The monoisotopic (exact) mass is 319 g/mol. The molecule has 2 rings (SSSR count). The molecular weight excluding hydrogens is 299 g/mol. The topological polar surface area (TPSA) is 30.0 Å². The van der Waals surface area contributed by atoms with Crippen molar-refractivity contribution in [2.24, 2.45) is 17.3 Å². The second-order valence-electron chi connectivity index (χ2n) is 6.81. The number of rotatable bonds is 2. The number of carbonyl (C=O) groups is 1. The van der Waals surface area contributed by atoms with Gasteiger partial charge < -0.3 is 0 Å². The van der Waals surface area contributed by atoms with Gasteiger partial charge in [-0.05, 0) is 37.0 Å². The normalized spacial score (nSPS) is 24.1. The SMILES string of the molecule is CC(C)(C)C1CCC(C(=O)c2cnc(C(F)(F)F)s2)CC1. The zero-order valence-electron chi connectivity index (χ0n) is 12.5. The Morgan fingerprint density at radius 2 is 1.76 bits per heavy atom. The number of alkyl halides is 3. The Balaban J connectivity index is 2.01. The van der Waals surface area contributed by atoms with Crippen LogP contribution in [0.2, 0.25) is 0 Å². The van der Waals surface area contributed by atoms with E-state index in [0.717, 1.165) is 31.9 Å². The second-order valence-corrected chi connectivity index (χ2v) is 7.84. The van der Waals surface area contributed by atoms with Gasteiger partial charge in [0.15, 0.2) is 10.8 Å². The van der Waals surface area contributed by atoms with Crippen molar-refractivity contribution in [1.82, 2.24) is 4.98 Å². The summed E-state index contributed by atoms with van der Waals surface area (Å²) in [5.41, 5.74) is 0.224. The maximum Gasteiger partial charge on any atom is 0.443 e. The number of carbonyl (C=O) groups excluding carboxylic acids is 1. The summed E-state index contributed by atoms with van der Waals surface area (Å²) < 4.78 is 37.6. The van der Waals surface area contributed by atoms with Gasteiger partial charge >= 0.3 is 6.18 Å². The third kappa shape index (κ3) is 3.84. The molecular formula is C15H20F3NOS. The summed E-state index contributed by atoms with van der Waals surface area (Å²) in [6, 6.07) is 0. The highest BCUT2D eigenvalue weighted by Gasteiger charge is 2.37. The average molecular weight is 319 g/mol. The lowest BCUT2D eigenvalue weighted by Gasteiger charge is -2.36. The van der Waals surface area contributed by atoms with E-state index in [9.17, 15) is 18.0 Å². The molecule has 0 amide bonds. The Hall–Kier alpha value is -0.910. The van der Waals surface area contributed by atoms with Crippen LogP contribution in [-0.2, 0) is 6.18 Å². The molecule has 6 heteroatoms. The number of ketones is 1. The molecule has 0 aliphatic heterocycles. The van der Waals surface area contributed by atoms with Gasteiger partial charge in [0.25, 0.3) is 0 Å². The molecule has 21 heavy (non-hydrogen) atoms. The highest BCUT2D eigenvalue weighted by Crippen LogP contribution is 2.41. The zero-order valence-corrected chi connectivity index (χ0v) is 13.3. The first-order chi connectivity index (χ1) is 9.59.